The standard InChI is InChI=1S/C14H15N3O2/c1-10-2-4-11(5-3-10)9-16-12-6-7-14(17(18)19)13(15)8-12/h2-8,16H,9,15H2,1H3. The summed E-state index contributed by atoms with van der Waals surface area (Å²) in [6, 6.07) is 12.8. The maximum atomic E-state index is 10.6. The van der Waals surface area contributed by atoms with Crippen molar-refractivity contribution >= 4 is 17.1 Å². The minimum absolute atomic E-state index is 0.0686. The summed E-state index contributed by atoms with van der Waals surface area (Å²) >= 11 is 0. The van der Waals surface area contributed by atoms with Crippen molar-refractivity contribution in [2.75, 3.05) is 11.1 Å². The van der Waals surface area contributed by atoms with Crippen LogP contribution in [0, 0.1) is 17.0 Å². The number of hydrogen-bond acceptors (Lipinski definition) is 4. The average Bonchev–Trinajstić information content (AvgIpc) is 2.37. The number of nitrogens with zero attached hydrogens (tertiary/aromatic N) is 1. The molecule has 5 nitrogen and oxygen atoms in total. The van der Waals surface area contributed by atoms with Crippen LogP contribution in [0.2, 0.25) is 0 Å². The van der Waals surface area contributed by atoms with E-state index in [2.05, 4.69) is 5.32 Å². The summed E-state index contributed by atoms with van der Waals surface area (Å²) in [5, 5.41) is 13.8. The van der Waals surface area contributed by atoms with Gasteiger partial charge in [0.15, 0.2) is 0 Å². The number of rotatable bonds is 4. The lowest BCUT2D eigenvalue weighted by atomic mass is 10.1. The molecule has 3 N–H and O–H groups in total. The molecule has 0 spiro atoms. The van der Waals surface area contributed by atoms with Gasteiger partial charge < -0.3 is 11.1 Å². The second kappa shape index (κ2) is 5.39. The van der Waals surface area contributed by atoms with E-state index in [0.29, 0.717) is 6.54 Å². The van der Waals surface area contributed by atoms with Crippen molar-refractivity contribution in [1.82, 2.24) is 0 Å². The Morgan fingerprint density at radius 2 is 1.89 bits per heavy atom. The number of nitro groups is 1. The van der Waals surface area contributed by atoms with Gasteiger partial charge in [0.2, 0.25) is 0 Å². The Morgan fingerprint density at radius 3 is 2.47 bits per heavy atom. The first-order chi connectivity index (χ1) is 9.06. The van der Waals surface area contributed by atoms with E-state index in [1.54, 1.807) is 12.1 Å². The molecule has 2 aromatic rings. The zero-order valence-electron chi connectivity index (χ0n) is 10.6. The smallest absolute Gasteiger partial charge is 0.292 e. The van der Waals surface area contributed by atoms with Crippen molar-refractivity contribution in [1.29, 1.82) is 0 Å². The van der Waals surface area contributed by atoms with Crippen LogP contribution in [0.3, 0.4) is 0 Å². The van der Waals surface area contributed by atoms with E-state index < -0.39 is 4.92 Å². The predicted octanol–water partition coefficient (Wildman–Crippen LogP) is 3.10. The van der Waals surface area contributed by atoms with Gasteiger partial charge in [0.1, 0.15) is 5.69 Å². The van der Waals surface area contributed by atoms with Crippen molar-refractivity contribution in [3.63, 3.8) is 0 Å². The summed E-state index contributed by atoms with van der Waals surface area (Å²) in [4.78, 5) is 10.2. The molecule has 0 unspecified atom stereocenters. The summed E-state index contributed by atoms with van der Waals surface area (Å²) in [5.41, 5.74) is 8.85. The molecule has 5 heteroatoms. The zero-order chi connectivity index (χ0) is 13.8. The van der Waals surface area contributed by atoms with Gasteiger partial charge in [-0.2, -0.15) is 0 Å². The highest BCUT2D eigenvalue weighted by atomic mass is 16.6. The summed E-state index contributed by atoms with van der Waals surface area (Å²) in [6.45, 7) is 2.69. The molecular weight excluding hydrogens is 242 g/mol. The van der Waals surface area contributed by atoms with E-state index in [1.165, 1.54) is 11.6 Å². The maximum Gasteiger partial charge on any atom is 0.292 e. The van der Waals surface area contributed by atoms with E-state index in [9.17, 15) is 10.1 Å². The molecule has 98 valence electrons. The van der Waals surface area contributed by atoms with Crippen LogP contribution in [0.1, 0.15) is 11.1 Å². The molecule has 0 aliphatic rings. The SMILES string of the molecule is Cc1ccc(CNc2ccc([N+](=O)[O-])c(N)c2)cc1. The summed E-state index contributed by atoms with van der Waals surface area (Å²) in [6.07, 6.45) is 0. The fourth-order valence-electron chi connectivity index (χ4n) is 1.74. The van der Waals surface area contributed by atoms with Crippen molar-refractivity contribution in [3.8, 4) is 0 Å². The molecule has 19 heavy (non-hydrogen) atoms. The van der Waals surface area contributed by atoms with E-state index >= 15 is 0 Å². The minimum atomic E-state index is -0.487. The molecule has 0 fully saturated rings. The third-order valence-corrected chi connectivity index (χ3v) is 2.84. The van der Waals surface area contributed by atoms with Crippen molar-refractivity contribution in [2.24, 2.45) is 0 Å². The topological polar surface area (TPSA) is 81.2 Å². The fraction of sp³-hybridized carbons (Fsp3) is 0.143. The van der Waals surface area contributed by atoms with Gasteiger partial charge in [-0.3, -0.25) is 10.1 Å². The van der Waals surface area contributed by atoms with Crippen LogP contribution in [0.25, 0.3) is 0 Å². The van der Waals surface area contributed by atoms with Gasteiger partial charge in [-0.05, 0) is 24.6 Å². The van der Waals surface area contributed by atoms with Crippen molar-refractivity contribution in [2.45, 2.75) is 13.5 Å². The Bertz CT molecular complexity index is 594. The highest BCUT2D eigenvalue weighted by Crippen LogP contribution is 2.24. The van der Waals surface area contributed by atoms with E-state index in [4.69, 9.17) is 5.73 Å². The van der Waals surface area contributed by atoms with Crippen LogP contribution < -0.4 is 11.1 Å². The van der Waals surface area contributed by atoms with Crippen molar-refractivity contribution in [3.05, 3.63) is 63.7 Å². The van der Waals surface area contributed by atoms with Crippen LogP contribution >= 0.6 is 0 Å². The second-order valence-corrected chi connectivity index (χ2v) is 4.37. The number of hydrogen-bond donors (Lipinski definition) is 2. The van der Waals surface area contributed by atoms with Gasteiger partial charge in [0.25, 0.3) is 5.69 Å². The molecule has 0 heterocycles. The first-order valence-electron chi connectivity index (χ1n) is 5.89. The minimum Gasteiger partial charge on any atom is -0.393 e. The van der Waals surface area contributed by atoms with Gasteiger partial charge in [-0.25, -0.2) is 0 Å². The first kappa shape index (κ1) is 12.9. The van der Waals surface area contributed by atoms with Gasteiger partial charge in [-0.1, -0.05) is 29.8 Å². The highest BCUT2D eigenvalue weighted by molar-refractivity contribution is 5.65. The quantitative estimate of drug-likeness (QED) is 0.501. The summed E-state index contributed by atoms with van der Waals surface area (Å²) in [5.74, 6) is 0. The average molecular weight is 257 g/mol. The monoisotopic (exact) mass is 257 g/mol. The lowest BCUT2D eigenvalue weighted by Gasteiger charge is -2.07. The van der Waals surface area contributed by atoms with E-state index in [1.807, 2.05) is 31.2 Å². The van der Waals surface area contributed by atoms with Crippen LogP contribution in [0.5, 0.6) is 0 Å². The number of nitrogens with two attached hydrogens (primary N) is 1. The number of nitrogens with one attached hydrogen (secondary N) is 1. The molecule has 0 saturated carbocycles. The molecule has 0 aliphatic carbocycles. The molecule has 0 amide bonds. The molecule has 0 atom stereocenters. The van der Waals surface area contributed by atoms with Gasteiger partial charge in [0.05, 0.1) is 4.92 Å². The third kappa shape index (κ3) is 3.22. The highest BCUT2D eigenvalue weighted by Gasteiger charge is 2.10. The maximum absolute atomic E-state index is 10.6. The summed E-state index contributed by atoms with van der Waals surface area (Å²) < 4.78 is 0. The summed E-state index contributed by atoms with van der Waals surface area (Å²) in [7, 11) is 0. The molecule has 0 radical (unpaired) electrons. The molecule has 0 aliphatic heterocycles. The normalized spacial score (nSPS) is 10.2. The number of anilines is 2. The lowest BCUT2D eigenvalue weighted by molar-refractivity contribution is -0.383. The Morgan fingerprint density at radius 1 is 1.21 bits per heavy atom. The number of nitrogen functional groups attached to an aromatic ring is 1. The number of benzene rings is 2. The van der Waals surface area contributed by atoms with Crippen molar-refractivity contribution < 1.29 is 4.92 Å². The van der Waals surface area contributed by atoms with Gasteiger partial charge in [0, 0.05) is 18.3 Å². The molecule has 2 rings (SSSR count). The largest absolute Gasteiger partial charge is 0.393 e. The molecule has 0 aromatic heterocycles. The fourth-order valence-corrected chi connectivity index (χ4v) is 1.74. The first-order valence-corrected chi connectivity index (χ1v) is 5.89. The van der Waals surface area contributed by atoms with Gasteiger partial charge >= 0.3 is 0 Å². The van der Waals surface area contributed by atoms with Gasteiger partial charge in [-0.15, -0.1) is 0 Å². The second-order valence-electron chi connectivity index (χ2n) is 4.37. The number of nitro benzene ring substituents is 1. The molecule has 0 saturated heterocycles. The van der Waals surface area contributed by atoms with Crippen LogP contribution in [-0.2, 0) is 6.54 Å². The molecule has 2 aromatic carbocycles. The lowest BCUT2D eigenvalue weighted by Crippen LogP contribution is -2.01. The van der Waals surface area contributed by atoms with Crippen LogP contribution in [0.4, 0.5) is 17.1 Å². The zero-order valence-corrected chi connectivity index (χ0v) is 10.6. The third-order valence-electron chi connectivity index (χ3n) is 2.84. The van der Waals surface area contributed by atoms with Crippen LogP contribution in [0.15, 0.2) is 42.5 Å². The molecule has 0 bridgehead atoms. The predicted molar refractivity (Wildman–Crippen MR) is 76.0 cm³/mol. The molecular formula is C14H15N3O2. The van der Waals surface area contributed by atoms with Crippen LogP contribution in [-0.4, -0.2) is 4.92 Å². The Balaban J connectivity index is 2.06. The van der Waals surface area contributed by atoms with E-state index in [0.717, 1.165) is 11.3 Å². The van der Waals surface area contributed by atoms with E-state index in [-0.39, 0.29) is 11.4 Å². The Hall–Kier alpha value is -2.56. The number of aryl methyl sites for hydroxylation is 1. The Labute approximate surface area is 111 Å². The Kier molecular flexibility index (Phi) is 3.66.